The predicted molar refractivity (Wildman–Crippen MR) is 102 cm³/mol. The van der Waals surface area contributed by atoms with Gasteiger partial charge in [-0.05, 0) is 56.3 Å². The molecule has 1 aromatic heterocycles. The normalized spacial score (nSPS) is 10.8. The Bertz CT molecular complexity index is 921. The number of carbonyl (C=O) groups excluding carboxylic acids is 1. The molecule has 0 bridgehead atoms. The van der Waals surface area contributed by atoms with E-state index in [1.54, 1.807) is 24.3 Å². The topological polar surface area (TPSA) is 64.4 Å². The number of nitrogens with one attached hydrogen (secondary N) is 1. The Kier molecular flexibility index (Phi) is 5.49. The van der Waals surface area contributed by atoms with E-state index in [1.807, 2.05) is 38.1 Å². The molecule has 0 atom stereocenters. The van der Waals surface area contributed by atoms with Gasteiger partial charge in [-0.25, -0.2) is 0 Å². The zero-order valence-corrected chi connectivity index (χ0v) is 15.6. The molecule has 3 rings (SSSR count). The number of anilines is 1. The number of ether oxygens (including phenoxy) is 1. The van der Waals surface area contributed by atoms with Gasteiger partial charge in [-0.1, -0.05) is 28.4 Å². The van der Waals surface area contributed by atoms with Crippen molar-refractivity contribution in [3.63, 3.8) is 0 Å². The van der Waals surface area contributed by atoms with Gasteiger partial charge in [0.25, 0.3) is 5.91 Å². The third kappa shape index (κ3) is 4.36. The molecule has 1 amide bonds. The first-order valence-electron chi connectivity index (χ1n) is 7.92. The Morgan fingerprint density at radius 3 is 2.50 bits per heavy atom. The molecule has 0 unspecified atom stereocenters. The second kappa shape index (κ2) is 7.81. The minimum absolute atomic E-state index is 0.0983. The van der Waals surface area contributed by atoms with Crippen LogP contribution in [0.4, 0.5) is 5.69 Å². The highest BCUT2D eigenvalue weighted by Gasteiger charge is 2.15. The third-order valence-corrected chi connectivity index (χ3v) is 3.98. The molecule has 3 aromatic rings. The predicted octanol–water partition coefficient (Wildman–Crippen LogP) is 5.69. The van der Waals surface area contributed by atoms with Crippen LogP contribution >= 0.6 is 23.2 Å². The minimum Gasteiger partial charge on any atom is -0.491 e. The molecule has 5 nitrogen and oxygen atoms in total. The van der Waals surface area contributed by atoms with Gasteiger partial charge in [0.05, 0.1) is 16.8 Å². The molecule has 7 heteroatoms. The fraction of sp³-hybridized carbons (Fsp3) is 0.158. The van der Waals surface area contributed by atoms with Gasteiger partial charge < -0.3 is 14.6 Å². The highest BCUT2D eigenvalue weighted by Crippen LogP contribution is 2.27. The van der Waals surface area contributed by atoms with E-state index in [-0.39, 0.29) is 11.8 Å². The first-order chi connectivity index (χ1) is 12.4. The van der Waals surface area contributed by atoms with Crippen LogP contribution in [0.5, 0.6) is 5.75 Å². The Balaban J connectivity index is 1.73. The molecule has 0 aliphatic heterocycles. The lowest BCUT2D eigenvalue weighted by Crippen LogP contribution is -2.12. The van der Waals surface area contributed by atoms with E-state index in [9.17, 15) is 4.79 Å². The Hall–Kier alpha value is -2.50. The van der Waals surface area contributed by atoms with Crippen LogP contribution in [-0.2, 0) is 0 Å². The maximum absolute atomic E-state index is 12.3. The molecular weight excluding hydrogens is 375 g/mol. The summed E-state index contributed by atoms with van der Waals surface area (Å²) in [5, 5.41) is 7.33. The molecule has 0 fully saturated rings. The number of amides is 1. The molecule has 0 aliphatic rings. The standard InChI is InChI=1S/C19H16Cl2N2O3/c1-11(2)25-14-6-3-12(4-7-14)18-10-17(23-26-18)19(24)22-16-8-5-13(20)9-15(16)21/h3-11H,1-2H3,(H,22,24). The van der Waals surface area contributed by atoms with Crippen molar-refractivity contribution >= 4 is 34.8 Å². The zero-order chi connectivity index (χ0) is 18.7. The summed E-state index contributed by atoms with van der Waals surface area (Å²) in [6, 6.07) is 13.7. The van der Waals surface area contributed by atoms with Crippen LogP contribution in [0, 0.1) is 0 Å². The molecule has 0 saturated heterocycles. The SMILES string of the molecule is CC(C)Oc1ccc(-c2cc(C(=O)Nc3ccc(Cl)cc3Cl)no2)cc1. The monoisotopic (exact) mass is 390 g/mol. The van der Waals surface area contributed by atoms with E-state index in [2.05, 4.69) is 10.5 Å². The fourth-order valence-corrected chi connectivity index (χ4v) is 2.72. The van der Waals surface area contributed by atoms with Crippen molar-refractivity contribution in [2.75, 3.05) is 5.32 Å². The van der Waals surface area contributed by atoms with Crippen LogP contribution in [0.15, 0.2) is 53.1 Å². The van der Waals surface area contributed by atoms with Crippen LogP contribution in [0.2, 0.25) is 10.0 Å². The summed E-state index contributed by atoms with van der Waals surface area (Å²) in [5.74, 6) is 0.816. The Morgan fingerprint density at radius 2 is 1.85 bits per heavy atom. The maximum Gasteiger partial charge on any atom is 0.277 e. The maximum atomic E-state index is 12.3. The van der Waals surface area contributed by atoms with Gasteiger partial charge in [0.1, 0.15) is 5.75 Å². The summed E-state index contributed by atoms with van der Waals surface area (Å²) in [6.45, 7) is 3.92. The number of nitrogens with zero attached hydrogens (tertiary/aromatic N) is 1. The molecular formula is C19H16Cl2N2O3. The highest BCUT2D eigenvalue weighted by atomic mass is 35.5. The second-order valence-corrected chi connectivity index (χ2v) is 6.69. The quantitative estimate of drug-likeness (QED) is 0.607. The number of hydrogen-bond acceptors (Lipinski definition) is 4. The molecule has 0 radical (unpaired) electrons. The molecule has 1 N–H and O–H groups in total. The summed E-state index contributed by atoms with van der Waals surface area (Å²) < 4.78 is 10.9. The zero-order valence-electron chi connectivity index (χ0n) is 14.1. The van der Waals surface area contributed by atoms with E-state index < -0.39 is 5.91 Å². The van der Waals surface area contributed by atoms with E-state index in [1.165, 1.54) is 0 Å². The summed E-state index contributed by atoms with van der Waals surface area (Å²) in [4.78, 5) is 12.3. The van der Waals surface area contributed by atoms with E-state index >= 15 is 0 Å². The molecule has 0 saturated carbocycles. The number of benzene rings is 2. The second-order valence-electron chi connectivity index (χ2n) is 5.85. The van der Waals surface area contributed by atoms with E-state index in [0.717, 1.165) is 11.3 Å². The highest BCUT2D eigenvalue weighted by molar-refractivity contribution is 6.36. The molecule has 0 spiro atoms. The van der Waals surface area contributed by atoms with Crippen LogP contribution in [-0.4, -0.2) is 17.2 Å². The van der Waals surface area contributed by atoms with Gasteiger partial charge in [0.15, 0.2) is 11.5 Å². The molecule has 26 heavy (non-hydrogen) atoms. The number of rotatable bonds is 5. The van der Waals surface area contributed by atoms with Crippen LogP contribution in [0.3, 0.4) is 0 Å². The lowest BCUT2D eigenvalue weighted by molar-refractivity contribution is 0.101. The van der Waals surface area contributed by atoms with Gasteiger partial charge in [0.2, 0.25) is 0 Å². The van der Waals surface area contributed by atoms with Crippen molar-refractivity contribution < 1.29 is 14.1 Å². The fourth-order valence-electron chi connectivity index (χ4n) is 2.27. The molecule has 134 valence electrons. The van der Waals surface area contributed by atoms with Crippen molar-refractivity contribution in [3.8, 4) is 17.1 Å². The first kappa shape index (κ1) is 18.3. The molecule has 0 aliphatic carbocycles. The summed E-state index contributed by atoms with van der Waals surface area (Å²) in [7, 11) is 0. The van der Waals surface area contributed by atoms with Gasteiger partial charge in [0, 0.05) is 16.7 Å². The van der Waals surface area contributed by atoms with Gasteiger partial charge >= 0.3 is 0 Å². The lowest BCUT2D eigenvalue weighted by atomic mass is 10.1. The van der Waals surface area contributed by atoms with Crippen molar-refractivity contribution in [2.24, 2.45) is 0 Å². The van der Waals surface area contributed by atoms with Crippen LogP contribution in [0.25, 0.3) is 11.3 Å². The number of hydrogen-bond donors (Lipinski definition) is 1. The van der Waals surface area contributed by atoms with E-state index in [0.29, 0.717) is 21.5 Å². The van der Waals surface area contributed by atoms with Crippen LogP contribution < -0.4 is 10.1 Å². The molecule has 2 aromatic carbocycles. The smallest absolute Gasteiger partial charge is 0.277 e. The van der Waals surface area contributed by atoms with Crippen molar-refractivity contribution in [1.29, 1.82) is 0 Å². The van der Waals surface area contributed by atoms with Crippen molar-refractivity contribution in [2.45, 2.75) is 20.0 Å². The number of aromatic nitrogens is 1. The minimum atomic E-state index is -0.427. The van der Waals surface area contributed by atoms with Gasteiger partial charge in [-0.3, -0.25) is 4.79 Å². The van der Waals surface area contributed by atoms with Crippen molar-refractivity contribution in [3.05, 3.63) is 64.3 Å². The van der Waals surface area contributed by atoms with Gasteiger partial charge in [-0.2, -0.15) is 0 Å². The Morgan fingerprint density at radius 1 is 1.12 bits per heavy atom. The average molecular weight is 391 g/mol. The number of halogens is 2. The summed E-state index contributed by atoms with van der Waals surface area (Å²) >= 11 is 11.9. The average Bonchev–Trinajstić information content (AvgIpc) is 3.08. The largest absolute Gasteiger partial charge is 0.491 e. The first-order valence-corrected chi connectivity index (χ1v) is 8.68. The Labute approximate surface area is 160 Å². The summed E-state index contributed by atoms with van der Waals surface area (Å²) in [6.07, 6.45) is 0.0983. The lowest BCUT2D eigenvalue weighted by Gasteiger charge is -2.09. The van der Waals surface area contributed by atoms with Gasteiger partial charge in [-0.15, -0.1) is 0 Å². The number of carbonyl (C=O) groups is 1. The molecule has 1 heterocycles. The van der Waals surface area contributed by atoms with E-state index in [4.69, 9.17) is 32.5 Å². The van der Waals surface area contributed by atoms with Crippen LogP contribution in [0.1, 0.15) is 24.3 Å². The van der Waals surface area contributed by atoms with Crippen molar-refractivity contribution in [1.82, 2.24) is 5.16 Å². The third-order valence-electron chi connectivity index (χ3n) is 3.43. The summed E-state index contributed by atoms with van der Waals surface area (Å²) in [5.41, 5.74) is 1.38.